The number of benzene rings is 4. The van der Waals surface area contributed by atoms with Crippen LogP contribution in [0, 0.1) is 5.82 Å². The van der Waals surface area contributed by atoms with Gasteiger partial charge < -0.3 is 14.8 Å². The van der Waals surface area contributed by atoms with Crippen LogP contribution in [-0.4, -0.2) is 39.0 Å². The molecule has 4 aromatic rings. The van der Waals surface area contributed by atoms with Gasteiger partial charge in [-0.1, -0.05) is 72.8 Å². The third-order valence-corrected chi connectivity index (χ3v) is 7.36. The second-order valence-electron chi connectivity index (χ2n) is 9.97. The van der Waals surface area contributed by atoms with Crippen LogP contribution in [0.1, 0.15) is 55.9 Å². The fourth-order valence-corrected chi connectivity index (χ4v) is 5.07. The molecular formula is C33H29FN2O5. The van der Waals surface area contributed by atoms with Gasteiger partial charge in [-0.2, -0.15) is 0 Å². The molecule has 1 aliphatic heterocycles. The first-order chi connectivity index (χ1) is 19.8. The van der Waals surface area contributed by atoms with Gasteiger partial charge in [-0.15, -0.1) is 5.06 Å². The maximum absolute atomic E-state index is 14.9. The van der Waals surface area contributed by atoms with Crippen LogP contribution in [0.25, 0.3) is 0 Å². The molecule has 2 atom stereocenters. The van der Waals surface area contributed by atoms with Gasteiger partial charge in [-0.25, -0.2) is 14.0 Å². The molecule has 1 N–H and O–H groups in total. The van der Waals surface area contributed by atoms with E-state index in [1.807, 2.05) is 24.3 Å². The summed E-state index contributed by atoms with van der Waals surface area (Å²) in [5, 5.41) is 10.7. The van der Waals surface area contributed by atoms with Crippen molar-refractivity contribution in [2.75, 3.05) is 0 Å². The minimum absolute atomic E-state index is 0.0901. The number of aromatic carboxylic acids is 1. The van der Waals surface area contributed by atoms with Crippen LogP contribution in [0.5, 0.6) is 0 Å². The molecule has 0 radical (unpaired) electrons. The summed E-state index contributed by atoms with van der Waals surface area (Å²) in [4.78, 5) is 46.2. The number of carbonyl (C=O) groups is 3. The third kappa shape index (κ3) is 6.18. The second kappa shape index (κ2) is 12.1. The molecule has 0 fully saturated rings. The smallest absolute Gasteiger partial charge is 0.357 e. The van der Waals surface area contributed by atoms with Gasteiger partial charge in [0.25, 0.3) is 0 Å². The van der Waals surface area contributed by atoms with E-state index >= 15 is 0 Å². The molecule has 41 heavy (non-hydrogen) atoms. The quantitative estimate of drug-likeness (QED) is 0.297. The average molecular weight is 553 g/mol. The molecule has 5 rings (SSSR count). The van der Waals surface area contributed by atoms with Crippen molar-refractivity contribution in [2.24, 2.45) is 0 Å². The number of carboxylic acid groups (broad SMARTS) is 1. The largest absolute Gasteiger partial charge is 0.478 e. The van der Waals surface area contributed by atoms with Gasteiger partial charge in [-0.3, -0.25) is 4.79 Å². The number of fused-ring (bicyclic) bond motifs is 1. The van der Waals surface area contributed by atoms with E-state index in [-0.39, 0.29) is 31.0 Å². The van der Waals surface area contributed by atoms with Crippen LogP contribution < -0.4 is 0 Å². The van der Waals surface area contributed by atoms with Crippen LogP contribution >= 0.6 is 0 Å². The molecule has 0 unspecified atom stereocenters. The molecule has 0 aromatic heterocycles. The highest BCUT2D eigenvalue weighted by atomic mass is 19.1. The molecule has 0 saturated heterocycles. The topological polar surface area (TPSA) is 87.2 Å². The zero-order valence-corrected chi connectivity index (χ0v) is 22.4. The van der Waals surface area contributed by atoms with Crippen LogP contribution in [0.2, 0.25) is 0 Å². The molecule has 1 aliphatic rings. The molecule has 7 nitrogen and oxygen atoms in total. The van der Waals surface area contributed by atoms with Crippen molar-refractivity contribution < 1.29 is 28.7 Å². The predicted octanol–water partition coefficient (Wildman–Crippen LogP) is 5.81. The van der Waals surface area contributed by atoms with Crippen molar-refractivity contribution in [3.05, 3.63) is 142 Å². The van der Waals surface area contributed by atoms with E-state index in [2.05, 4.69) is 0 Å². The number of carboxylic acids is 1. The first kappa shape index (κ1) is 27.7. The van der Waals surface area contributed by atoms with Crippen LogP contribution in [0.3, 0.4) is 0 Å². The molecule has 8 heteroatoms. The summed E-state index contributed by atoms with van der Waals surface area (Å²) in [6.07, 6.45) is 0.287. The summed E-state index contributed by atoms with van der Waals surface area (Å²) >= 11 is 0. The molecule has 0 saturated carbocycles. The Morgan fingerprint density at radius 3 is 2.20 bits per heavy atom. The van der Waals surface area contributed by atoms with Gasteiger partial charge in [0.05, 0.1) is 23.7 Å². The first-order valence-electron chi connectivity index (χ1n) is 13.3. The molecule has 1 amide bonds. The number of hydrogen-bond donors (Lipinski definition) is 1. The van der Waals surface area contributed by atoms with E-state index in [0.29, 0.717) is 16.7 Å². The first-order valence-corrected chi connectivity index (χ1v) is 13.3. The lowest BCUT2D eigenvalue weighted by Crippen LogP contribution is -2.52. The predicted molar refractivity (Wildman–Crippen MR) is 150 cm³/mol. The van der Waals surface area contributed by atoms with Crippen molar-refractivity contribution >= 4 is 17.8 Å². The fraction of sp³-hybridized carbons (Fsp3) is 0.182. The van der Waals surface area contributed by atoms with Gasteiger partial charge in [0.1, 0.15) is 11.9 Å². The average Bonchev–Trinajstić information content (AvgIpc) is 2.99. The Bertz CT molecular complexity index is 1560. The number of hydrogen-bond acceptors (Lipinski definition) is 5. The zero-order chi connectivity index (χ0) is 28.9. The number of amides is 1. The van der Waals surface area contributed by atoms with Gasteiger partial charge in [0.2, 0.25) is 5.91 Å². The summed E-state index contributed by atoms with van der Waals surface area (Å²) < 4.78 is 14.9. The summed E-state index contributed by atoms with van der Waals surface area (Å²) in [5.74, 6) is -2.43. The highest BCUT2D eigenvalue weighted by Crippen LogP contribution is 2.31. The Balaban J connectivity index is 1.50. The van der Waals surface area contributed by atoms with E-state index in [1.54, 1.807) is 72.5 Å². The third-order valence-electron chi connectivity index (χ3n) is 7.36. The Hall–Kier alpha value is -4.82. The summed E-state index contributed by atoms with van der Waals surface area (Å²) in [7, 11) is 0. The lowest BCUT2D eigenvalue weighted by atomic mass is 9.93. The Morgan fingerprint density at radius 1 is 0.878 bits per heavy atom. The molecule has 0 bridgehead atoms. The summed E-state index contributed by atoms with van der Waals surface area (Å²) in [5.41, 5.74) is 3.39. The number of carbonyl (C=O) groups excluding carboxylic acids is 2. The zero-order valence-electron chi connectivity index (χ0n) is 22.4. The maximum atomic E-state index is 14.9. The van der Waals surface area contributed by atoms with Gasteiger partial charge >= 0.3 is 11.9 Å². The lowest BCUT2D eigenvalue weighted by Gasteiger charge is -2.39. The highest BCUT2D eigenvalue weighted by Gasteiger charge is 2.39. The van der Waals surface area contributed by atoms with Crippen molar-refractivity contribution in [1.82, 2.24) is 9.96 Å². The number of nitrogens with zero attached hydrogens (tertiary/aromatic N) is 2. The van der Waals surface area contributed by atoms with Crippen molar-refractivity contribution in [2.45, 2.75) is 38.5 Å². The standard InChI is InChI=1S/C33H29FN2O5/c1-22(28-13-7-8-14-29(28)34)35(20-23-15-17-24(18-16-23)32(38)39)31(37)30-19-26-11-5-6-12-27(26)21-36(30)41-33(40)25-9-3-2-4-10-25/h2-18,22,30H,19-21H2,1H3,(H,38,39)/t22-,30+/m1/s1. The van der Waals surface area contributed by atoms with E-state index in [1.165, 1.54) is 23.3 Å². The van der Waals surface area contributed by atoms with Gasteiger partial charge in [0.15, 0.2) is 0 Å². The van der Waals surface area contributed by atoms with Crippen molar-refractivity contribution in [3.8, 4) is 0 Å². The van der Waals surface area contributed by atoms with E-state index in [0.717, 1.165) is 11.1 Å². The van der Waals surface area contributed by atoms with E-state index in [4.69, 9.17) is 4.84 Å². The Morgan fingerprint density at radius 2 is 1.51 bits per heavy atom. The highest BCUT2D eigenvalue weighted by molar-refractivity contribution is 5.90. The SMILES string of the molecule is C[C@H](c1ccccc1F)N(Cc1ccc(C(=O)O)cc1)C(=O)[C@@H]1Cc2ccccc2CN1OC(=O)c1ccccc1. The number of rotatable bonds is 8. The monoisotopic (exact) mass is 552 g/mol. The van der Waals surface area contributed by atoms with Crippen molar-refractivity contribution in [3.63, 3.8) is 0 Å². The number of halogens is 1. The van der Waals surface area contributed by atoms with Crippen LogP contribution in [0.15, 0.2) is 103 Å². The Labute approximate surface area is 237 Å². The lowest BCUT2D eigenvalue weighted by molar-refractivity contribution is -0.174. The van der Waals surface area contributed by atoms with Gasteiger partial charge in [0, 0.05) is 18.5 Å². The summed E-state index contributed by atoms with van der Waals surface area (Å²) in [6, 6.07) is 27.2. The minimum Gasteiger partial charge on any atom is -0.478 e. The second-order valence-corrected chi connectivity index (χ2v) is 9.97. The fourth-order valence-electron chi connectivity index (χ4n) is 5.07. The summed E-state index contributed by atoms with van der Waals surface area (Å²) in [6.45, 7) is 2.05. The normalized spacial score (nSPS) is 15.4. The van der Waals surface area contributed by atoms with E-state index < -0.39 is 29.8 Å². The van der Waals surface area contributed by atoms with Crippen LogP contribution in [-0.2, 0) is 29.1 Å². The Kier molecular flexibility index (Phi) is 8.21. The molecule has 1 heterocycles. The molecular weight excluding hydrogens is 523 g/mol. The molecule has 4 aromatic carbocycles. The molecule has 0 spiro atoms. The van der Waals surface area contributed by atoms with E-state index in [9.17, 15) is 23.9 Å². The maximum Gasteiger partial charge on any atom is 0.357 e. The van der Waals surface area contributed by atoms with Crippen molar-refractivity contribution in [1.29, 1.82) is 0 Å². The minimum atomic E-state index is -1.05. The van der Waals surface area contributed by atoms with Crippen LogP contribution in [0.4, 0.5) is 4.39 Å². The van der Waals surface area contributed by atoms with Gasteiger partial charge in [-0.05, 0) is 53.9 Å². The number of hydroxylamine groups is 2. The molecule has 0 aliphatic carbocycles. The molecule has 208 valence electrons.